The maximum absolute atomic E-state index is 11.3. The van der Waals surface area contributed by atoms with Gasteiger partial charge >= 0.3 is 5.97 Å². The molecule has 7 heteroatoms. The molecule has 1 aromatic rings. The van der Waals surface area contributed by atoms with Crippen molar-refractivity contribution in [3.63, 3.8) is 0 Å². The van der Waals surface area contributed by atoms with Gasteiger partial charge in [0, 0.05) is 4.91 Å². The molecule has 0 N–H and O–H groups in total. The van der Waals surface area contributed by atoms with Gasteiger partial charge in [0.25, 0.3) is 0 Å². The summed E-state index contributed by atoms with van der Waals surface area (Å²) in [5.41, 5.74) is 10.1. The fourth-order valence-electron chi connectivity index (χ4n) is 0.843. The van der Waals surface area contributed by atoms with Crippen molar-refractivity contribution in [1.82, 2.24) is 4.98 Å². The second-order valence-corrected chi connectivity index (χ2v) is 3.09. The number of rotatable bonds is 4. The van der Waals surface area contributed by atoms with Crippen LogP contribution < -0.4 is 0 Å². The van der Waals surface area contributed by atoms with Crippen molar-refractivity contribution in [3.05, 3.63) is 26.5 Å². The topological polar surface area (TPSA) is 88.0 Å². The van der Waals surface area contributed by atoms with E-state index >= 15 is 0 Å². The van der Waals surface area contributed by atoms with Gasteiger partial charge in [-0.25, -0.2) is 9.78 Å². The molecule has 0 spiro atoms. The van der Waals surface area contributed by atoms with Crippen LogP contribution in [0, 0.1) is 0 Å². The Bertz CT molecular complexity index is 370. The largest absolute Gasteiger partial charge is 0.462 e. The molecule has 0 aliphatic rings. The standard InChI is InChI=1S/C7H8N4O2S/c1-2-13-7(12)6-5(3-10-11-8)9-4-14-6/h4H,2-3H2,1H3. The van der Waals surface area contributed by atoms with Crippen molar-refractivity contribution >= 4 is 17.3 Å². The Kier molecular flexibility index (Phi) is 3.90. The van der Waals surface area contributed by atoms with E-state index in [1.807, 2.05) is 0 Å². The SMILES string of the molecule is CCOC(=O)c1scnc1CN=[N+]=[N-]. The fraction of sp³-hybridized carbons (Fsp3) is 0.429. The van der Waals surface area contributed by atoms with Gasteiger partial charge in [0.15, 0.2) is 0 Å². The molecule has 1 aromatic heterocycles. The lowest BCUT2D eigenvalue weighted by Crippen LogP contribution is -2.05. The van der Waals surface area contributed by atoms with Crippen molar-refractivity contribution in [3.8, 4) is 0 Å². The first-order valence-corrected chi connectivity index (χ1v) is 4.78. The zero-order chi connectivity index (χ0) is 10.4. The molecular weight excluding hydrogens is 204 g/mol. The summed E-state index contributed by atoms with van der Waals surface area (Å²) in [6, 6.07) is 0. The van der Waals surface area contributed by atoms with E-state index in [1.165, 1.54) is 16.8 Å². The smallest absolute Gasteiger partial charge is 0.350 e. The minimum Gasteiger partial charge on any atom is -0.462 e. The summed E-state index contributed by atoms with van der Waals surface area (Å²) in [6.07, 6.45) is 0. The van der Waals surface area contributed by atoms with Crippen LogP contribution in [0.25, 0.3) is 10.4 Å². The van der Waals surface area contributed by atoms with Crippen LogP contribution in [0.2, 0.25) is 0 Å². The molecule has 6 nitrogen and oxygen atoms in total. The summed E-state index contributed by atoms with van der Waals surface area (Å²) in [5, 5.41) is 3.33. The zero-order valence-electron chi connectivity index (χ0n) is 7.51. The molecular formula is C7H8N4O2S. The summed E-state index contributed by atoms with van der Waals surface area (Å²) >= 11 is 1.18. The van der Waals surface area contributed by atoms with E-state index in [0.29, 0.717) is 17.2 Å². The minimum atomic E-state index is -0.418. The molecule has 0 aromatic carbocycles. The van der Waals surface area contributed by atoms with Gasteiger partial charge in [-0.1, -0.05) is 5.11 Å². The molecule has 0 atom stereocenters. The normalized spacial score (nSPS) is 9.21. The van der Waals surface area contributed by atoms with Crippen LogP contribution >= 0.6 is 11.3 Å². The van der Waals surface area contributed by atoms with Crippen LogP contribution in [0.5, 0.6) is 0 Å². The molecule has 0 unspecified atom stereocenters. The van der Waals surface area contributed by atoms with E-state index in [0.717, 1.165) is 0 Å². The average molecular weight is 212 g/mol. The predicted octanol–water partition coefficient (Wildman–Crippen LogP) is 2.13. The number of carbonyl (C=O) groups excluding carboxylic acids is 1. The van der Waals surface area contributed by atoms with Crippen molar-refractivity contribution < 1.29 is 9.53 Å². The minimum absolute atomic E-state index is 0.0775. The van der Waals surface area contributed by atoms with Gasteiger partial charge in [0.05, 0.1) is 24.4 Å². The summed E-state index contributed by atoms with van der Waals surface area (Å²) in [7, 11) is 0. The summed E-state index contributed by atoms with van der Waals surface area (Å²) in [6.45, 7) is 2.12. The number of hydrogen-bond donors (Lipinski definition) is 0. The van der Waals surface area contributed by atoms with E-state index in [9.17, 15) is 4.79 Å². The van der Waals surface area contributed by atoms with Crippen LogP contribution in [0.15, 0.2) is 10.6 Å². The molecule has 0 saturated heterocycles. The number of thiazole rings is 1. The Morgan fingerprint density at radius 3 is 3.29 bits per heavy atom. The van der Waals surface area contributed by atoms with E-state index in [-0.39, 0.29) is 6.54 Å². The van der Waals surface area contributed by atoms with Gasteiger partial charge in [-0.15, -0.1) is 11.3 Å². The van der Waals surface area contributed by atoms with Crippen molar-refractivity contribution in [2.45, 2.75) is 13.5 Å². The Hall–Kier alpha value is -1.59. The summed E-state index contributed by atoms with van der Waals surface area (Å²) in [5.74, 6) is -0.418. The second-order valence-electron chi connectivity index (χ2n) is 2.24. The number of esters is 1. The lowest BCUT2D eigenvalue weighted by Gasteiger charge is -1.99. The van der Waals surface area contributed by atoms with Crippen LogP contribution in [0.1, 0.15) is 22.3 Å². The van der Waals surface area contributed by atoms with Crippen molar-refractivity contribution in [2.75, 3.05) is 6.61 Å². The van der Waals surface area contributed by atoms with Gasteiger partial charge in [-0.05, 0) is 12.5 Å². The highest BCUT2D eigenvalue weighted by molar-refractivity contribution is 7.11. The van der Waals surface area contributed by atoms with E-state index < -0.39 is 5.97 Å². The molecule has 0 radical (unpaired) electrons. The summed E-state index contributed by atoms with van der Waals surface area (Å²) < 4.78 is 4.80. The molecule has 0 bridgehead atoms. The Morgan fingerprint density at radius 2 is 2.64 bits per heavy atom. The van der Waals surface area contributed by atoms with E-state index in [1.54, 1.807) is 6.92 Å². The quantitative estimate of drug-likeness (QED) is 0.331. The van der Waals surface area contributed by atoms with E-state index in [4.69, 9.17) is 10.3 Å². The molecule has 14 heavy (non-hydrogen) atoms. The van der Waals surface area contributed by atoms with Crippen molar-refractivity contribution in [1.29, 1.82) is 0 Å². The number of carbonyl (C=O) groups is 1. The summed E-state index contributed by atoms with van der Waals surface area (Å²) in [4.78, 5) is 18.2. The highest BCUT2D eigenvalue weighted by Crippen LogP contribution is 2.15. The number of nitrogens with zero attached hydrogens (tertiary/aromatic N) is 4. The number of aromatic nitrogens is 1. The molecule has 0 aliphatic carbocycles. The second kappa shape index (κ2) is 5.21. The molecule has 0 saturated carbocycles. The highest BCUT2D eigenvalue weighted by atomic mass is 32.1. The molecule has 1 heterocycles. The van der Waals surface area contributed by atoms with Gasteiger partial charge in [-0.3, -0.25) is 0 Å². The molecule has 1 rings (SSSR count). The first-order chi connectivity index (χ1) is 6.79. The van der Waals surface area contributed by atoms with Crippen LogP contribution in [0.3, 0.4) is 0 Å². The van der Waals surface area contributed by atoms with Crippen molar-refractivity contribution in [2.24, 2.45) is 5.11 Å². The third-order valence-corrected chi connectivity index (χ3v) is 2.23. The molecule has 74 valence electrons. The maximum Gasteiger partial charge on any atom is 0.350 e. The van der Waals surface area contributed by atoms with Gasteiger partial charge in [0.2, 0.25) is 0 Å². The maximum atomic E-state index is 11.3. The monoisotopic (exact) mass is 212 g/mol. The zero-order valence-corrected chi connectivity index (χ0v) is 8.32. The van der Waals surface area contributed by atoms with Gasteiger partial charge < -0.3 is 4.74 Å². The van der Waals surface area contributed by atoms with Gasteiger partial charge in [0.1, 0.15) is 4.88 Å². The van der Waals surface area contributed by atoms with Crippen LogP contribution in [0.4, 0.5) is 0 Å². The molecule has 0 amide bonds. The predicted molar refractivity (Wildman–Crippen MR) is 50.9 cm³/mol. The lowest BCUT2D eigenvalue weighted by molar-refractivity contribution is 0.0530. The first-order valence-electron chi connectivity index (χ1n) is 3.90. The third kappa shape index (κ3) is 2.45. The fourth-order valence-corrected chi connectivity index (χ4v) is 1.54. The van der Waals surface area contributed by atoms with E-state index in [2.05, 4.69) is 15.0 Å². The van der Waals surface area contributed by atoms with Crippen LogP contribution in [-0.2, 0) is 11.3 Å². The van der Waals surface area contributed by atoms with Crippen LogP contribution in [-0.4, -0.2) is 17.6 Å². The lowest BCUT2D eigenvalue weighted by atomic mass is 10.3. The Balaban J connectivity index is 2.80. The first kappa shape index (κ1) is 10.5. The molecule has 0 fully saturated rings. The van der Waals surface area contributed by atoms with Gasteiger partial charge in [-0.2, -0.15) is 0 Å². The number of azide groups is 1. The highest BCUT2D eigenvalue weighted by Gasteiger charge is 2.14. The average Bonchev–Trinajstić information content (AvgIpc) is 2.63. The Morgan fingerprint density at radius 1 is 1.86 bits per heavy atom. The molecule has 0 aliphatic heterocycles. The third-order valence-electron chi connectivity index (χ3n) is 1.39. The number of ether oxygens (including phenoxy) is 1. The number of hydrogen-bond acceptors (Lipinski definition) is 5. The Labute approximate surface area is 84.2 Å².